The van der Waals surface area contributed by atoms with Crippen LogP contribution in [0.1, 0.15) is 38.5 Å². The Bertz CT molecular complexity index is 128. The number of carbonyl (C=O) groups is 1. The molecule has 0 saturated heterocycles. The molecule has 0 rings (SSSR count). The Kier molecular flexibility index (Phi) is 9.03. The van der Waals surface area contributed by atoms with Crippen LogP contribution >= 0.6 is 0 Å². The van der Waals surface area contributed by atoms with Gasteiger partial charge in [-0.15, -0.1) is 0 Å². The summed E-state index contributed by atoms with van der Waals surface area (Å²) in [6.45, 7) is 0.870. The molecule has 0 amide bonds. The molecule has 0 aromatic heterocycles. The third-order valence-corrected chi connectivity index (χ3v) is 1.81. The van der Waals surface area contributed by atoms with E-state index >= 15 is 0 Å². The SMILES string of the molecule is CONCCCCCCCC(=O)O. The Morgan fingerprint density at radius 2 is 1.85 bits per heavy atom. The van der Waals surface area contributed by atoms with Crippen LogP contribution < -0.4 is 5.48 Å². The Morgan fingerprint density at radius 3 is 2.46 bits per heavy atom. The van der Waals surface area contributed by atoms with E-state index in [9.17, 15) is 4.79 Å². The maximum Gasteiger partial charge on any atom is 0.303 e. The van der Waals surface area contributed by atoms with Crippen molar-refractivity contribution in [3.63, 3.8) is 0 Å². The minimum Gasteiger partial charge on any atom is -0.481 e. The van der Waals surface area contributed by atoms with Crippen LogP contribution in [0, 0.1) is 0 Å². The molecule has 0 radical (unpaired) electrons. The first-order valence-corrected chi connectivity index (χ1v) is 4.75. The standard InChI is InChI=1S/C9H19NO3/c1-13-10-8-6-4-2-3-5-7-9(11)12/h10H,2-8H2,1H3,(H,11,12). The van der Waals surface area contributed by atoms with E-state index in [0.29, 0.717) is 6.42 Å². The maximum absolute atomic E-state index is 10.1. The van der Waals surface area contributed by atoms with Gasteiger partial charge in [-0.2, -0.15) is 0 Å². The molecule has 0 bridgehead atoms. The molecular weight excluding hydrogens is 170 g/mol. The lowest BCUT2D eigenvalue weighted by atomic mass is 10.1. The van der Waals surface area contributed by atoms with Gasteiger partial charge in [-0.25, -0.2) is 5.48 Å². The van der Waals surface area contributed by atoms with E-state index < -0.39 is 5.97 Å². The Hall–Kier alpha value is -0.610. The first-order chi connectivity index (χ1) is 6.27. The molecule has 0 aliphatic carbocycles. The lowest BCUT2D eigenvalue weighted by molar-refractivity contribution is -0.137. The molecule has 78 valence electrons. The zero-order valence-electron chi connectivity index (χ0n) is 8.21. The smallest absolute Gasteiger partial charge is 0.303 e. The molecule has 4 heteroatoms. The molecule has 4 nitrogen and oxygen atoms in total. The third kappa shape index (κ3) is 11.4. The van der Waals surface area contributed by atoms with Gasteiger partial charge >= 0.3 is 5.97 Å². The van der Waals surface area contributed by atoms with Crippen molar-refractivity contribution in [2.24, 2.45) is 0 Å². The van der Waals surface area contributed by atoms with Crippen molar-refractivity contribution in [1.29, 1.82) is 0 Å². The molecule has 0 unspecified atom stereocenters. The van der Waals surface area contributed by atoms with E-state index in [2.05, 4.69) is 10.3 Å². The normalized spacial score (nSPS) is 10.2. The van der Waals surface area contributed by atoms with Crippen LogP contribution in [0.5, 0.6) is 0 Å². The minimum atomic E-state index is -0.693. The van der Waals surface area contributed by atoms with E-state index in [0.717, 1.165) is 38.6 Å². The molecular formula is C9H19NO3. The van der Waals surface area contributed by atoms with Crippen molar-refractivity contribution >= 4 is 5.97 Å². The largest absolute Gasteiger partial charge is 0.481 e. The fraction of sp³-hybridized carbons (Fsp3) is 0.889. The lowest BCUT2D eigenvalue weighted by Crippen LogP contribution is -2.12. The summed E-state index contributed by atoms with van der Waals surface area (Å²) in [5.41, 5.74) is 2.76. The Labute approximate surface area is 79.2 Å². The molecule has 0 fully saturated rings. The second kappa shape index (κ2) is 9.48. The van der Waals surface area contributed by atoms with E-state index in [4.69, 9.17) is 5.11 Å². The van der Waals surface area contributed by atoms with Gasteiger partial charge in [0.1, 0.15) is 0 Å². The number of nitrogens with one attached hydrogen (secondary N) is 1. The molecule has 0 saturated carbocycles. The van der Waals surface area contributed by atoms with Gasteiger partial charge in [0.05, 0.1) is 7.11 Å². The number of hydrogen-bond acceptors (Lipinski definition) is 3. The number of hydroxylamine groups is 1. The third-order valence-electron chi connectivity index (χ3n) is 1.81. The van der Waals surface area contributed by atoms with Crippen molar-refractivity contribution in [2.45, 2.75) is 38.5 Å². The molecule has 0 heterocycles. The number of rotatable bonds is 9. The molecule has 0 aliphatic heterocycles. The van der Waals surface area contributed by atoms with Crippen LogP contribution in [-0.2, 0) is 9.63 Å². The van der Waals surface area contributed by atoms with Crippen molar-refractivity contribution in [3.8, 4) is 0 Å². The van der Waals surface area contributed by atoms with Crippen molar-refractivity contribution in [1.82, 2.24) is 5.48 Å². The summed E-state index contributed by atoms with van der Waals surface area (Å²) in [4.78, 5) is 14.8. The van der Waals surface area contributed by atoms with Gasteiger partial charge in [-0.1, -0.05) is 19.3 Å². The van der Waals surface area contributed by atoms with Crippen molar-refractivity contribution < 1.29 is 14.7 Å². The van der Waals surface area contributed by atoms with E-state index in [1.807, 2.05) is 0 Å². The second-order valence-electron chi connectivity index (χ2n) is 3.01. The Morgan fingerprint density at radius 1 is 1.23 bits per heavy atom. The zero-order valence-corrected chi connectivity index (χ0v) is 8.21. The predicted molar refractivity (Wildman–Crippen MR) is 50.3 cm³/mol. The summed E-state index contributed by atoms with van der Waals surface area (Å²) in [6.07, 6.45) is 5.44. The summed E-state index contributed by atoms with van der Waals surface area (Å²) >= 11 is 0. The van der Waals surface area contributed by atoms with Crippen LogP contribution in [0.2, 0.25) is 0 Å². The Balaban J connectivity index is 2.87. The predicted octanol–water partition coefficient (Wildman–Crippen LogP) is 1.56. The number of hydrogen-bond donors (Lipinski definition) is 2. The monoisotopic (exact) mass is 189 g/mol. The summed E-state index contributed by atoms with van der Waals surface area (Å²) in [6, 6.07) is 0. The highest BCUT2D eigenvalue weighted by molar-refractivity contribution is 5.66. The number of aliphatic carboxylic acids is 1. The van der Waals surface area contributed by atoms with Crippen LogP contribution in [0.4, 0.5) is 0 Å². The topological polar surface area (TPSA) is 58.6 Å². The molecule has 0 aromatic carbocycles. The molecule has 0 spiro atoms. The second-order valence-corrected chi connectivity index (χ2v) is 3.01. The van der Waals surface area contributed by atoms with Crippen LogP contribution in [0.25, 0.3) is 0 Å². The molecule has 0 atom stereocenters. The zero-order chi connectivity index (χ0) is 9.94. The van der Waals surface area contributed by atoms with Gasteiger partial charge in [0.15, 0.2) is 0 Å². The fourth-order valence-corrected chi connectivity index (χ4v) is 1.11. The molecule has 0 aromatic rings. The van der Waals surface area contributed by atoms with E-state index in [-0.39, 0.29) is 0 Å². The van der Waals surface area contributed by atoms with Gasteiger partial charge in [0, 0.05) is 13.0 Å². The highest BCUT2D eigenvalue weighted by atomic mass is 16.6. The van der Waals surface area contributed by atoms with Crippen molar-refractivity contribution in [3.05, 3.63) is 0 Å². The highest BCUT2D eigenvalue weighted by Gasteiger charge is 1.95. The van der Waals surface area contributed by atoms with E-state index in [1.54, 1.807) is 7.11 Å². The first kappa shape index (κ1) is 12.4. The van der Waals surface area contributed by atoms with Crippen LogP contribution in [0.15, 0.2) is 0 Å². The fourth-order valence-electron chi connectivity index (χ4n) is 1.11. The summed E-state index contributed by atoms with van der Waals surface area (Å²) in [5, 5.41) is 8.36. The molecule has 2 N–H and O–H groups in total. The number of carboxylic acid groups (broad SMARTS) is 1. The first-order valence-electron chi connectivity index (χ1n) is 4.75. The van der Waals surface area contributed by atoms with Crippen LogP contribution in [-0.4, -0.2) is 24.7 Å². The number of unbranched alkanes of at least 4 members (excludes halogenated alkanes) is 4. The molecule has 13 heavy (non-hydrogen) atoms. The van der Waals surface area contributed by atoms with Crippen LogP contribution in [0.3, 0.4) is 0 Å². The minimum absolute atomic E-state index is 0.302. The van der Waals surface area contributed by atoms with Crippen molar-refractivity contribution in [2.75, 3.05) is 13.7 Å². The van der Waals surface area contributed by atoms with Gasteiger partial charge in [0.2, 0.25) is 0 Å². The summed E-state index contributed by atoms with van der Waals surface area (Å²) < 4.78 is 0. The highest BCUT2D eigenvalue weighted by Crippen LogP contribution is 2.04. The number of carboxylic acids is 1. The quantitative estimate of drug-likeness (QED) is 0.427. The molecule has 0 aliphatic rings. The van der Waals surface area contributed by atoms with Gasteiger partial charge in [0.25, 0.3) is 0 Å². The average Bonchev–Trinajstić information content (AvgIpc) is 2.09. The van der Waals surface area contributed by atoms with E-state index in [1.165, 1.54) is 0 Å². The van der Waals surface area contributed by atoms with Gasteiger partial charge in [-0.3, -0.25) is 4.79 Å². The average molecular weight is 189 g/mol. The van der Waals surface area contributed by atoms with Gasteiger partial charge in [-0.05, 0) is 12.8 Å². The van der Waals surface area contributed by atoms with Gasteiger partial charge < -0.3 is 9.94 Å². The maximum atomic E-state index is 10.1. The lowest BCUT2D eigenvalue weighted by Gasteiger charge is -2.01. The summed E-state index contributed by atoms with van der Waals surface area (Å²) in [7, 11) is 1.60. The summed E-state index contributed by atoms with van der Waals surface area (Å²) in [5.74, 6) is -0.693.